The van der Waals surface area contributed by atoms with Gasteiger partial charge < -0.3 is 16.0 Å². The molecular formula is C14H23N5S. The fourth-order valence-electron chi connectivity index (χ4n) is 2.56. The van der Waals surface area contributed by atoms with Crippen LogP contribution in [0.4, 0.5) is 5.95 Å². The number of thiocarbonyl (C=S) groups is 1. The van der Waals surface area contributed by atoms with E-state index in [-0.39, 0.29) is 0 Å². The summed E-state index contributed by atoms with van der Waals surface area (Å²) in [5, 5.41) is 3.42. The molecule has 0 bridgehead atoms. The summed E-state index contributed by atoms with van der Waals surface area (Å²) in [5.41, 5.74) is 7.16. The summed E-state index contributed by atoms with van der Waals surface area (Å²) in [5.74, 6) is 0.641. The van der Waals surface area contributed by atoms with E-state index in [4.69, 9.17) is 18.0 Å². The van der Waals surface area contributed by atoms with Crippen LogP contribution < -0.4 is 11.1 Å². The van der Waals surface area contributed by atoms with Crippen LogP contribution in [-0.4, -0.2) is 45.5 Å². The van der Waals surface area contributed by atoms with Crippen molar-refractivity contribution in [3.63, 3.8) is 0 Å². The summed E-state index contributed by atoms with van der Waals surface area (Å²) in [6.07, 6.45) is 3.47. The number of nitrogens with two attached hydrogens (primary N) is 1. The van der Waals surface area contributed by atoms with Gasteiger partial charge in [-0.1, -0.05) is 19.1 Å². The van der Waals surface area contributed by atoms with Crippen LogP contribution in [0.1, 0.15) is 37.6 Å². The van der Waals surface area contributed by atoms with Gasteiger partial charge in [0.2, 0.25) is 5.95 Å². The van der Waals surface area contributed by atoms with Crippen LogP contribution in [0.2, 0.25) is 0 Å². The number of nitrogens with one attached hydrogen (secondary N) is 1. The second-order valence-electron chi connectivity index (χ2n) is 5.34. The zero-order valence-corrected chi connectivity index (χ0v) is 13.0. The highest BCUT2D eigenvalue weighted by Crippen LogP contribution is 2.15. The molecule has 1 aliphatic rings. The molecule has 0 unspecified atom stereocenters. The van der Waals surface area contributed by atoms with E-state index in [1.807, 2.05) is 13.0 Å². The summed E-state index contributed by atoms with van der Waals surface area (Å²) in [4.78, 5) is 11.6. The number of piperidine rings is 1. The summed E-state index contributed by atoms with van der Waals surface area (Å²) in [6, 6.07) is 2.25. The lowest BCUT2D eigenvalue weighted by molar-refractivity contribution is 0.219. The molecule has 6 heteroatoms. The molecule has 0 radical (unpaired) electrons. The summed E-state index contributed by atoms with van der Waals surface area (Å²) < 4.78 is 0. The van der Waals surface area contributed by atoms with E-state index in [1.165, 1.54) is 13.0 Å². The van der Waals surface area contributed by atoms with Crippen LogP contribution in [0.5, 0.6) is 0 Å². The molecule has 3 N–H and O–H groups in total. The molecule has 0 saturated carbocycles. The molecule has 0 spiro atoms. The first kappa shape index (κ1) is 15.1. The lowest BCUT2D eigenvalue weighted by atomic mass is 10.1. The van der Waals surface area contributed by atoms with Crippen molar-refractivity contribution in [1.29, 1.82) is 0 Å². The summed E-state index contributed by atoms with van der Waals surface area (Å²) in [7, 11) is 0. The van der Waals surface area contributed by atoms with Crippen molar-refractivity contribution in [2.45, 2.75) is 39.2 Å². The third kappa shape index (κ3) is 4.11. The molecule has 20 heavy (non-hydrogen) atoms. The lowest BCUT2D eigenvalue weighted by Gasteiger charge is -2.32. The van der Waals surface area contributed by atoms with Crippen molar-refractivity contribution in [3.05, 3.63) is 17.5 Å². The highest BCUT2D eigenvalue weighted by Gasteiger charge is 2.19. The number of likely N-dealkylation sites (tertiary alicyclic amines) is 1. The molecule has 1 fully saturated rings. The van der Waals surface area contributed by atoms with E-state index < -0.39 is 0 Å². The first-order chi connectivity index (χ1) is 9.58. The molecule has 0 atom stereocenters. The minimum absolute atomic E-state index is 0.316. The van der Waals surface area contributed by atoms with Crippen LogP contribution in [0.25, 0.3) is 0 Å². The van der Waals surface area contributed by atoms with Crippen molar-refractivity contribution in [2.75, 3.05) is 25.0 Å². The Bertz CT molecular complexity index is 469. The average molecular weight is 293 g/mol. The Morgan fingerprint density at radius 3 is 2.75 bits per heavy atom. The maximum atomic E-state index is 5.64. The van der Waals surface area contributed by atoms with Gasteiger partial charge in [0.15, 0.2) is 0 Å². The largest absolute Gasteiger partial charge is 0.388 e. The predicted octanol–water partition coefficient (Wildman–Crippen LogP) is 1.71. The van der Waals surface area contributed by atoms with Crippen LogP contribution in [0.15, 0.2) is 6.07 Å². The Kier molecular flexibility index (Phi) is 5.25. The molecule has 1 aliphatic heterocycles. The molecule has 110 valence electrons. The van der Waals surface area contributed by atoms with E-state index in [1.54, 1.807) is 0 Å². The van der Waals surface area contributed by atoms with Crippen LogP contribution in [-0.2, 0) is 0 Å². The van der Waals surface area contributed by atoms with Gasteiger partial charge in [-0.2, -0.15) is 0 Å². The molecular weight excluding hydrogens is 270 g/mol. The minimum Gasteiger partial charge on any atom is -0.388 e. The third-order valence-corrected chi connectivity index (χ3v) is 3.78. The Labute approximate surface area is 126 Å². The molecule has 0 aliphatic carbocycles. The quantitative estimate of drug-likeness (QED) is 0.806. The van der Waals surface area contributed by atoms with Gasteiger partial charge in [0.1, 0.15) is 10.7 Å². The lowest BCUT2D eigenvalue weighted by Crippen LogP contribution is -2.39. The van der Waals surface area contributed by atoms with Crippen molar-refractivity contribution in [3.8, 4) is 0 Å². The van der Waals surface area contributed by atoms with Gasteiger partial charge in [-0.05, 0) is 38.8 Å². The number of nitrogens with zero attached hydrogens (tertiary/aromatic N) is 3. The topological polar surface area (TPSA) is 67.1 Å². The molecule has 0 amide bonds. The maximum Gasteiger partial charge on any atom is 0.223 e. The van der Waals surface area contributed by atoms with Crippen molar-refractivity contribution >= 4 is 23.2 Å². The number of rotatable bonds is 5. The number of hydrogen-bond acceptors (Lipinski definition) is 5. The van der Waals surface area contributed by atoms with Crippen LogP contribution >= 0.6 is 12.2 Å². The Morgan fingerprint density at radius 1 is 1.45 bits per heavy atom. The number of anilines is 1. The van der Waals surface area contributed by atoms with E-state index in [0.717, 1.165) is 31.6 Å². The molecule has 2 heterocycles. The first-order valence-corrected chi connectivity index (χ1v) is 7.63. The average Bonchev–Trinajstić information content (AvgIpc) is 2.40. The van der Waals surface area contributed by atoms with Gasteiger partial charge in [-0.25, -0.2) is 9.97 Å². The second-order valence-corrected chi connectivity index (χ2v) is 5.78. The fourth-order valence-corrected chi connectivity index (χ4v) is 2.66. The van der Waals surface area contributed by atoms with Crippen molar-refractivity contribution in [2.24, 2.45) is 5.73 Å². The van der Waals surface area contributed by atoms with Gasteiger partial charge in [-0.15, -0.1) is 0 Å². The van der Waals surface area contributed by atoms with E-state index in [2.05, 4.69) is 27.1 Å². The van der Waals surface area contributed by atoms with Gasteiger partial charge >= 0.3 is 0 Å². The third-order valence-electron chi connectivity index (χ3n) is 3.57. The monoisotopic (exact) mass is 293 g/mol. The normalized spacial score (nSPS) is 17.1. The minimum atomic E-state index is 0.316. The zero-order chi connectivity index (χ0) is 14.5. The van der Waals surface area contributed by atoms with Crippen LogP contribution in [0, 0.1) is 6.92 Å². The van der Waals surface area contributed by atoms with Gasteiger partial charge in [0, 0.05) is 24.8 Å². The van der Waals surface area contributed by atoms with Gasteiger partial charge in [0.25, 0.3) is 0 Å². The first-order valence-electron chi connectivity index (χ1n) is 7.23. The molecule has 5 nitrogen and oxygen atoms in total. The van der Waals surface area contributed by atoms with E-state index in [9.17, 15) is 0 Å². The number of aromatic nitrogens is 2. The van der Waals surface area contributed by atoms with E-state index in [0.29, 0.717) is 22.7 Å². The standard InChI is InChI=1S/C14H23N5S/c1-3-6-19-7-4-11(5-8-19)17-14-16-10(2)9-12(18-14)13(15)20/h9,11H,3-8H2,1-2H3,(H2,15,20)(H,16,17,18). The highest BCUT2D eigenvalue weighted by atomic mass is 32.1. The van der Waals surface area contributed by atoms with Gasteiger partial charge in [-0.3, -0.25) is 0 Å². The number of aryl methyl sites for hydroxylation is 1. The molecule has 1 aromatic rings. The molecule has 2 rings (SSSR count). The Balaban J connectivity index is 1.96. The van der Waals surface area contributed by atoms with Crippen molar-refractivity contribution in [1.82, 2.24) is 14.9 Å². The fraction of sp³-hybridized carbons (Fsp3) is 0.643. The zero-order valence-electron chi connectivity index (χ0n) is 12.2. The number of hydrogen-bond donors (Lipinski definition) is 2. The van der Waals surface area contributed by atoms with Crippen molar-refractivity contribution < 1.29 is 0 Å². The maximum absolute atomic E-state index is 5.64. The molecule has 1 saturated heterocycles. The van der Waals surface area contributed by atoms with E-state index >= 15 is 0 Å². The second kappa shape index (κ2) is 6.95. The predicted molar refractivity (Wildman–Crippen MR) is 86.0 cm³/mol. The van der Waals surface area contributed by atoms with Gasteiger partial charge in [0.05, 0.1) is 0 Å². The smallest absolute Gasteiger partial charge is 0.223 e. The molecule has 1 aromatic heterocycles. The Morgan fingerprint density at radius 2 is 2.15 bits per heavy atom. The molecule has 0 aromatic carbocycles. The summed E-state index contributed by atoms with van der Waals surface area (Å²) in [6.45, 7) is 7.62. The summed E-state index contributed by atoms with van der Waals surface area (Å²) >= 11 is 4.98. The van der Waals surface area contributed by atoms with Crippen LogP contribution in [0.3, 0.4) is 0 Å². The SMILES string of the molecule is CCCN1CCC(Nc2nc(C)cc(C(N)=S)n2)CC1. The highest BCUT2D eigenvalue weighted by molar-refractivity contribution is 7.80. The Hall–Kier alpha value is -1.27.